The molecule has 0 bridgehead atoms. The van der Waals surface area contributed by atoms with Crippen LogP contribution in [0.4, 0.5) is 0 Å². The fourth-order valence-electron chi connectivity index (χ4n) is 2.91. The lowest BCUT2D eigenvalue weighted by Gasteiger charge is -2.16. The molecule has 0 aliphatic carbocycles. The van der Waals surface area contributed by atoms with Crippen LogP contribution in [0.25, 0.3) is 10.8 Å². The molecule has 2 aromatic rings. The highest BCUT2D eigenvalue weighted by Crippen LogP contribution is 2.24. The number of benzene rings is 2. The van der Waals surface area contributed by atoms with Crippen LogP contribution in [-0.4, -0.2) is 5.91 Å². The second kappa shape index (κ2) is 8.57. The van der Waals surface area contributed by atoms with E-state index >= 15 is 0 Å². The molecular weight excluding hydrogens is 270 g/mol. The summed E-state index contributed by atoms with van der Waals surface area (Å²) in [5.41, 5.74) is 1.19. The van der Waals surface area contributed by atoms with Gasteiger partial charge in [0.05, 0.1) is 6.04 Å². The van der Waals surface area contributed by atoms with Crippen LogP contribution in [0.2, 0.25) is 0 Å². The van der Waals surface area contributed by atoms with Gasteiger partial charge >= 0.3 is 0 Å². The molecule has 1 N–H and O–H groups in total. The van der Waals surface area contributed by atoms with Gasteiger partial charge in [-0.25, -0.2) is 0 Å². The molecule has 1 amide bonds. The molecular formula is C20H27NO. The number of hydrogen-bond donors (Lipinski definition) is 1. The zero-order valence-electron chi connectivity index (χ0n) is 13.8. The van der Waals surface area contributed by atoms with Crippen molar-refractivity contribution in [2.24, 2.45) is 0 Å². The van der Waals surface area contributed by atoms with Crippen LogP contribution in [-0.2, 0) is 4.79 Å². The summed E-state index contributed by atoms with van der Waals surface area (Å²) in [5, 5.41) is 5.59. The SMILES string of the molecule is CCCCCCCC(=O)N[C@@H](C)c1cccc2ccccc12. The molecule has 0 aliphatic rings. The number of carbonyl (C=O) groups excluding carboxylic acids is 1. The maximum Gasteiger partial charge on any atom is 0.220 e. The van der Waals surface area contributed by atoms with E-state index in [4.69, 9.17) is 0 Å². The first-order chi connectivity index (χ1) is 10.7. The number of rotatable bonds is 8. The Morgan fingerprint density at radius 3 is 2.55 bits per heavy atom. The molecule has 0 aromatic heterocycles. The number of unbranched alkanes of at least 4 members (excludes halogenated alkanes) is 4. The Bertz CT molecular complexity index is 600. The third-order valence-electron chi connectivity index (χ3n) is 4.17. The lowest BCUT2D eigenvalue weighted by atomic mass is 9.99. The quantitative estimate of drug-likeness (QED) is 0.651. The van der Waals surface area contributed by atoms with Gasteiger partial charge in [-0.05, 0) is 29.7 Å². The summed E-state index contributed by atoms with van der Waals surface area (Å²) in [6, 6.07) is 14.7. The van der Waals surface area contributed by atoms with E-state index in [0.29, 0.717) is 6.42 Å². The monoisotopic (exact) mass is 297 g/mol. The van der Waals surface area contributed by atoms with Crippen molar-refractivity contribution in [2.75, 3.05) is 0 Å². The summed E-state index contributed by atoms with van der Waals surface area (Å²) in [5.74, 6) is 0.164. The fourth-order valence-corrected chi connectivity index (χ4v) is 2.91. The molecule has 0 aliphatic heterocycles. The first-order valence-electron chi connectivity index (χ1n) is 8.49. The summed E-state index contributed by atoms with van der Waals surface area (Å²) < 4.78 is 0. The van der Waals surface area contributed by atoms with Gasteiger partial charge in [0.25, 0.3) is 0 Å². The molecule has 2 rings (SSSR count). The zero-order chi connectivity index (χ0) is 15.8. The summed E-state index contributed by atoms with van der Waals surface area (Å²) in [6.07, 6.45) is 6.54. The molecule has 0 saturated heterocycles. The molecule has 2 aromatic carbocycles. The molecule has 0 saturated carbocycles. The highest BCUT2D eigenvalue weighted by Gasteiger charge is 2.11. The average molecular weight is 297 g/mol. The molecule has 0 radical (unpaired) electrons. The number of amides is 1. The van der Waals surface area contributed by atoms with Gasteiger partial charge in [0.1, 0.15) is 0 Å². The molecule has 2 nitrogen and oxygen atoms in total. The summed E-state index contributed by atoms with van der Waals surface area (Å²) in [4.78, 5) is 12.1. The third-order valence-corrected chi connectivity index (χ3v) is 4.17. The van der Waals surface area contributed by atoms with Crippen molar-refractivity contribution in [3.63, 3.8) is 0 Å². The van der Waals surface area contributed by atoms with E-state index in [1.165, 1.54) is 35.6 Å². The highest BCUT2D eigenvalue weighted by atomic mass is 16.1. The van der Waals surface area contributed by atoms with Gasteiger partial charge in [-0.2, -0.15) is 0 Å². The van der Waals surface area contributed by atoms with E-state index in [0.717, 1.165) is 12.8 Å². The Kier molecular flexibility index (Phi) is 6.45. The number of nitrogens with one attached hydrogen (secondary N) is 1. The minimum absolute atomic E-state index is 0.0502. The number of fused-ring (bicyclic) bond motifs is 1. The van der Waals surface area contributed by atoms with Gasteiger partial charge in [0.2, 0.25) is 5.91 Å². The van der Waals surface area contributed by atoms with Crippen molar-refractivity contribution in [3.05, 3.63) is 48.0 Å². The second-order valence-corrected chi connectivity index (χ2v) is 6.02. The Hall–Kier alpha value is -1.83. The van der Waals surface area contributed by atoms with E-state index in [1.54, 1.807) is 0 Å². The molecule has 0 fully saturated rings. The maximum atomic E-state index is 12.1. The van der Waals surface area contributed by atoms with Crippen LogP contribution < -0.4 is 5.32 Å². The molecule has 0 spiro atoms. The standard InChI is InChI=1S/C20H27NO/c1-3-4-5-6-7-15-20(22)21-16(2)18-14-10-12-17-11-8-9-13-19(17)18/h8-14,16H,3-7,15H2,1-2H3,(H,21,22)/t16-/m0/s1. The molecule has 1 atom stereocenters. The normalized spacial score (nSPS) is 12.3. The molecule has 0 unspecified atom stereocenters. The molecule has 22 heavy (non-hydrogen) atoms. The van der Waals surface area contributed by atoms with Crippen molar-refractivity contribution < 1.29 is 4.79 Å². The predicted octanol–water partition coefficient (Wildman–Crippen LogP) is 5.38. The van der Waals surface area contributed by atoms with E-state index in [-0.39, 0.29) is 11.9 Å². The second-order valence-electron chi connectivity index (χ2n) is 6.02. The predicted molar refractivity (Wildman–Crippen MR) is 93.9 cm³/mol. The van der Waals surface area contributed by atoms with E-state index < -0.39 is 0 Å². The van der Waals surface area contributed by atoms with Crippen molar-refractivity contribution in [2.45, 2.75) is 58.4 Å². The zero-order valence-corrected chi connectivity index (χ0v) is 13.8. The largest absolute Gasteiger partial charge is 0.350 e. The minimum atomic E-state index is 0.0502. The van der Waals surface area contributed by atoms with Crippen LogP contribution >= 0.6 is 0 Å². The Morgan fingerprint density at radius 1 is 1.00 bits per heavy atom. The smallest absolute Gasteiger partial charge is 0.220 e. The first kappa shape index (κ1) is 16.5. The van der Waals surface area contributed by atoms with Crippen molar-refractivity contribution in [1.82, 2.24) is 5.32 Å². The molecule has 118 valence electrons. The van der Waals surface area contributed by atoms with Gasteiger partial charge in [0, 0.05) is 6.42 Å². The number of carbonyl (C=O) groups is 1. The van der Waals surface area contributed by atoms with Crippen molar-refractivity contribution in [1.29, 1.82) is 0 Å². The van der Waals surface area contributed by atoms with Gasteiger partial charge in [0.15, 0.2) is 0 Å². The summed E-state index contributed by atoms with van der Waals surface area (Å²) >= 11 is 0. The van der Waals surface area contributed by atoms with Gasteiger partial charge in [-0.15, -0.1) is 0 Å². The Morgan fingerprint density at radius 2 is 1.73 bits per heavy atom. The van der Waals surface area contributed by atoms with Gasteiger partial charge in [-0.3, -0.25) is 4.79 Å². The number of hydrogen-bond acceptors (Lipinski definition) is 1. The lowest BCUT2D eigenvalue weighted by Crippen LogP contribution is -2.26. The highest BCUT2D eigenvalue weighted by molar-refractivity contribution is 5.86. The fraction of sp³-hybridized carbons (Fsp3) is 0.450. The minimum Gasteiger partial charge on any atom is -0.350 e. The van der Waals surface area contributed by atoms with Crippen LogP contribution in [0, 0.1) is 0 Å². The van der Waals surface area contributed by atoms with Crippen LogP contribution in [0.1, 0.15) is 64.0 Å². The average Bonchev–Trinajstić information content (AvgIpc) is 2.54. The van der Waals surface area contributed by atoms with E-state index in [9.17, 15) is 4.79 Å². The maximum absolute atomic E-state index is 12.1. The third kappa shape index (κ3) is 4.59. The Labute approximate surface area is 133 Å². The molecule has 0 heterocycles. The van der Waals surface area contributed by atoms with Gasteiger partial charge < -0.3 is 5.32 Å². The van der Waals surface area contributed by atoms with Crippen LogP contribution in [0.15, 0.2) is 42.5 Å². The van der Waals surface area contributed by atoms with E-state index in [1.807, 2.05) is 12.1 Å². The Balaban J connectivity index is 1.91. The van der Waals surface area contributed by atoms with Crippen molar-refractivity contribution >= 4 is 16.7 Å². The van der Waals surface area contributed by atoms with E-state index in [2.05, 4.69) is 49.5 Å². The lowest BCUT2D eigenvalue weighted by molar-refractivity contribution is -0.121. The summed E-state index contributed by atoms with van der Waals surface area (Å²) in [6.45, 7) is 4.27. The topological polar surface area (TPSA) is 29.1 Å². The van der Waals surface area contributed by atoms with Crippen molar-refractivity contribution in [3.8, 4) is 0 Å². The van der Waals surface area contributed by atoms with Gasteiger partial charge in [-0.1, -0.05) is 75.1 Å². The summed E-state index contributed by atoms with van der Waals surface area (Å²) in [7, 11) is 0. The molecule has 2 heteroatoms. The van der Waals surface area contributed by atoms with Crippen LogP contribution in [0.5, 0.6) is 0 Å². The van der Waals surface area contributed by atoms with Crippen LogP contribution in [0.3, 0.4) is 0 Å². The first-order valence-corrected chi connectivity index (χ1v) is 8.49.